The first-order valence-electron chi connectivity index (χ1n) is 9.02. The van der Waals surface area contributed by atoms with Crippen LogP contribution < -0.4 is 4.74 Å². The Balaban J connectivity index is 1.55. The van der Waals surface area contributed by atoms with Crippen LogP contribution >= 0.6 is 11.6 Å². The zero-order chi connectivity index (χ0) is 20.4. The Morgan fingerprint density at radius 2 is 1.69 bits per heavy atom. The van der Waals surface area contributed by atoms with Crippen LogP contribution in [0.15, 0.2) is 71.6 Å². The molecule has 0 aliphatic carbocycles. The molecule has 146 valence electrons. The van der Waals surface area contributed by atoms with Gasteiger partial charge in [0.2, 0.25) is 10.0 Å². The van der Waals surface area contributed by atoms with Crippen molar-refractivity contribution in [3.8, 4) is 17.6 Å². The highest BCUT2D eigenvalue weighted by atomic mass is 35.5. The Hall–Kier alpha value is -2.85. The standard InChI is InChI=1S/C22H17ClN2O3S/c23-21-6-3-7-22(20(21)14-24)28-18-8-10-19(11-9-18)29(26,27)25-13-12-16-4-1-2-5-17(16)15-25/h1-11H,12-13,15H2. The van der Waals surface area contributed by atoms with Crippen LogP contribution in [0.1, 0.15) is 16.7 Å². The van der Waals surface area contributed by atoms with Crippen LogP contribution in [0.5, 0.6) is 11.5 Å². The highest BCUT2D eigenvalue weighted by Crippen LogP contribution is 2.31. The van der Waals surface area contributed by atoms with E-state index in [0.717, 1.165) is 5.56 Å². The van der Waals surface area contributed by atoms with Gasteiger partial charge in [-0.2, -0.15) is 9.57 Å². The van der Waals surface area contributed by atoms with E-state index in [1.54, 1.807) is 30.3 Å². The maximum Gasteiger partial charge on any atom is 0.243 e. The molecule has 0 radical (unpaired) electrons. The third-order valence-electron chi connectivity index (χ3n) is 4.87. The summed E-state index contributed by atoms with van der Waals surface area (Å²) in [5.41, 5.74) is 2.46. The van der Waals surface area contributed by atoms with Gasteiger partial charge in [-0.25, -0.2) is 8.42 Å². The molecule has 4 rings (SSSR count). The van der Waals surface area contributed by atoms with Gasteiger partial charge in [-0.15, -0.1) is 0 Å². The van der Waals surface area contributed by atoms with Crippen molar-refractivity contribution in [1.82, 2.24) is 4.31 Å². The van der Waals surface area contributed by atoms with E-state index in [1.807, 2.05) is 30.3 Å². The maximum absolute atomic E-state index is 13.0. The summed E-state index contributed by atoms with van der Waals surface area (Å²) in [7, 11) is -3.61. The largest absolute Gasteiger partial charge is 0.456 e. The smallest absolute Gasteiger partial charge is 0.243 e. The molecule has 3 aromatic carbocycles. The zero-order valence-corrected chi connectivity index (χ0v) is 16.9. The van der Waals surface area contributed by atoms with Gasteiger partial charge in [-0.3, -0.25) is 0 Å². The molecule has 0 spiro atoms. The number of nitriles is 1. The van der Waals surface area contributed by atoms with E-state index in [9.17, 15) is 13.7 Å². The second-order valence-electron chi connectivity index (χ2n) is 6.66. The summed E-state index contributed by atoms with van der Waals surface area (Å²) in [6, 6.07) is 21.0. The third kappa shape index (κ3) is 3.85. The SMILES string of the molecule is N#Cc1c(Cl)cccc1Oc1ccc(S(=O)(=O)N2CCc3ccccc3C2)cc1. The summed E-state index contributed by atoms with van der Waals surface area (Å²) in [5.74, 6) is 0.745. The second-order valence-corrected chi connectivity index (χ2v) is 9.00. The average Bonchev–Trinajstić information content (AvgIpc) is 2.74. The van der Waals surface area contributed by atoms with Crippen LogP contribution in [0.2, 0.25) is 5.02 Å². The van der Waals surface area contributed by atoms with Crippen molar-refractivity contribution in [2.24, 2.45) is 0 Å². The summed E-state index contributed by atoms with van der Waals surface area (Å²) in [6.07, 6.45) is 0.697. The van der Waals surface area contributed by atoms with Crippen molar-refractivity contribution >= 4 is 21.6 Å². The highest BCUT2D eigenvalue weighted by molar-refractivity contribution is 7.89. The fraction of sp³-hybridized carbons (Fsp3) is 0.136. The van der Waals surface area contributed by atoms with Crippen LogP contribution in [0.25, 0.3) is 0 Å². The van der Waals surface area contributed by atoms with E-state index in [0.29, 0.717) is 36.0 Å². The van der Waals surface area contributed by atoms with Gasteiger partial charge in [0.25, 0.3) is 0 Å². The van der Waals surface area contributed by atoms with Crippen molar-refractivity contribution in [2.75, 3.05) is 6.54 Å². The molecule has 0 bridgehead atoms. The molecular formula is C22H17ClN2O3S. The third-order valence-corrected chi connectivity index (χ3v) is 7.05. The molecule has 0 fully saturated rings. The first kappa shape index (κ1) is 19.5. The zero-order valence-electron chi connectivity index (χ0n) is 15.4. The van der Waals surface area contributed by atoms with E-state index in [2.05, 4.69) is 0 Å². The first-order chi connectivity index (χ1) is 14.0. The number of fused-ring (bicyclic) bond motifs is 1. The fourth-order valence-corrected chi connectivity index (χ4v) is 4.96. The molecule has 0 aromatic heterocycles. The van der Waals surface area contributed by atoms with E-state index in [4.69, 9.17) is 16.3 Å². The number of benzene rings is 3. The number of nitrogens with zero attached hydrogens (tertiary/aromatic N) is 2. The molecule has 29 heavy (non-hydrogen) atoms. The normalized spacial score (nSPS) is 14.1. The van der Waals surface area contributed by atoms with E-state index in [1.165, 1.54) is 22.0 Å². The Morgan fingerprint density at radius 3 is 2.41 bits per heavy atom. The topological polar surface area (TPSA) is 70.4 Å². The predicted octanol–water partition coefficient (Wildman–Crippen LogP) is 4.75. The Morgan fingerprint density at radius 1 is 0.966 bits per heavy atom. The van der Waals surface area contributed by atoms with Gasteiger partial charge in [0.15, 0.2) is 0 Å². The molecule has 0 saturated carbocycles. The molecule has 3 aromatic rings. The minimum atomic E-state index is -3.61. The summed E-state index contributed by atoms with van der Waals surface area (Å²) in [5, 5.41) is 9.54. The highest BCUT2D eigenvalue weighted by Gasteiger charge is 2.28. The van der Waals surface area contributed by atoms with Gasteiger partial charge in [0.05, 0.1) is 9.92 Å². The van der Waals surface area contributed by atoms with E-state index >= 15 is 0 Å². The lowest BCUT2D eigenvalue weighted by molar-refractivity contribution is 0.391. The van der Waals surface area contributed by atoms with Gasteiger partial charge in [-0.1, -0.05) is 41.9 Å². The molecule has 1 aliphatic rings. The monoisotopic (exact) mass is 424 g/mol. The lowest BCUT2D eigenvalue weighted by Crippen LogP contribution is -2.35. The molecule has 0 atom stereocenters. The lowest BCUT2D eigenvalue weighted by atomic mass is 10.0. The van der Waals surface area contributed by atoms with Crippen LogP contribution in [0, 0.1) is 11.3 Å². The van der Waals surface area contributed by atoms with Crippen molar-refractivity contribution in [1.29, 1.82) is 5.26 Å². The van der Waals surface area contributed by atoms with Crippen molar-refractivity contribution in [2.45, 2.75) is 17.9 Å². The summed E-state index contributed by atoms with van der Waals surface area (Å²) < 4.78 is 33.3. The van der Waals surface area contributed by atoms with Crippen LogP contribution in [-0.4, -0.2) is 19.3 Å². The van der Waals surface area contributed by atoms with Crippen LogP contribution in [-0.2, 0) is 23.0 Å². The van der Waals surface area contributed by atoms with E-state index < -0.39 is 10.0 Å². The van der Waals surface area contributed by atoms with Crippen molar-refractivity contribution in [3.05, 3.63) is 88.4 Å². The molecule has 7 heteroatoms. The van der Waals surface area contributed by atoms with Crippen molar-refractivity contribution in [3.63, 3.8) is 0 Å². The summed E-state index contributed by atoms with van der Waals surface area (Å²) in [6.45, 7) is 0.816. The number of halogens is 1. The van der Waals surface area contributed by atoms with Gasteiger partial charge < -0.3 is 4.74 Å². The number of hydrogen-bond donors (Lipinski definition) is 0. The second kappa shape index (κ2) is 7.88. The van der Waals surface area contributed by atoms with Crippen LogP contribution in [0.4, 0.5) is 0 Å². The molecule has 0 saturated heterocycles. The van der Waals surface area contributed by atoms with Crippen molar-refractivity contribution < 1.29 is 13.2 Å². The Bertz CT molecular complexity index is 1200. The number of rotatable bonds is 4. The molecule has 1 heterocycles. The molecule has 5 nitrogen and oxygen atoms in total. The van der Waals surface area contributed by atoms with E-state index in [-0.39, 0.29) is 10.5 Å². The Labute approximate surface area is 174 Å². The number of hydrogen-bond acceptors (Lipinski definition) is 4. The minimum Gasteiger partial charge on any atom is -0.456 e. The minimum absolute atomic E-state index is 0.204. The van der Waals surface area contributed by atoms with Gasteiger partial charge in [0, 0.05) is 13.1 Å². The first-order valence-corrected chi connectivity index (χ1v) is 10.8. The van der Waals surface area contributed by atoms with Gasteiger partial charge >= 0.3 is 0 Å². The van der Waals surface area contributed by atoms with Gasteiger partial charge in [-0.05, 0) is 53.9 Å². The number of ether oxygens (including phenoxy) is 1. The molecule has 0 unspecified atom stereocenters. The average molecular weight is 425 g/mol. The van der Waals surface area contributed by atoms with Gasteiger partial charge in [0.1, 0.15) is 23.1 Å². The molecule has 0 N–H and O–H groups in total. The lowest BCUT2D eigenvalue weighted by Gasteiger charge is -2.28. The summed E-state index contributed by atoms with van der Waals surface area (Å²) >= 11 is 6.02. The quantitative estimate of drug-likeness (QED) is 0.605. The van der Waals surface area contributed by atoms with Crippen LogP contribution in [0.3, 0.4) is 0 Å². The predicted molar refractivity (Wildman–Crippen MR) is 110 cm³/mol. The molecule has 1 aliphatic heterocycles. The molecular weight excluding hydrogens is 408 g/mol. The fourth-order valence-electron chi connectivity index (χ4n) is 3.33. The summed E-state index contributed by atoms with van der Waals surface area (Å²) in [4.78, 5) is 0.204. The maximum atomic E-state index is 13.0. The molecule has 0 amide bonds. The Kier molecular flexibility index (Phi) is 5.29. The number of sulfonamides is 1.